The van der Waals surface area contributed by atoms with Crippen LogP contribution in [-0.4, -0.2) is 0 Å². The molecule has 2 aliphatic rings. The molecule has 0 aliphatic heterocycles. The Morgan fingerprint density at radius 2 is 2.12 bits per heavy atom. The van der Waals surface area contributed by atoms with Crippen LogP contribution in [0.4, 0.5) is 0 Å². The van der Waals surface area contributed by atoms with Crippen molar-refractivity contribution in [1.82, 2.24) is 0 Å². The Morgan fingerprint density at radius 3 is 2.88 bits per heavy atom. The summed E-state index contributed by atoms with van der Waals surface area (Å²) in [5, 5.41) is 0. The fraction of sp³-hybridized carbons (Fsp3) is 0.467. The van der Waals surface area contributed by atoms with Crippen molar-refractivity contribution in [2.45, 2.75) is 45.4 Å². The number of rotatable bonds is 6. The van der Waals surface area contributed by atoms with Gasteiger partial charge in [-0.15, -0.1) is 0 Å². The Hall–Kier alpha value is -0.157. The molecule has 0 nitrogen and oxygen atoms in total. The van der Waals surface area contributed by atoms with E-state index in [0.29, 0.717) is 0 Å². The molecule has 0 saturated heterocycles. The molecule has 0 aromatic carbocycles. The molecular formula is C15H20Zr. The molecule has 1 heteroatoms. The maximum atomic E-state index is 2.40. The van der Waals surface area contributed by atoms with Crippen LogP contribution in [0.15, 0.2) is 42.5 Å². The van der Waals surface area contributed by atoms with Crippen LogP contribution >= 0.6 is 0 Å². The van der Waals surface area contributed by atoms with Gasteiger partial charge in [-0.25, -0.2) is 0 Å². The second-order valence-electron chi connectivity index (χ2n) is 4.52. The van der Waals surface area contributed by atoms with E-state index in [1.165, 1.54) is 38.5 Å². The van der Waals surface area contributed by atoms with E-state index < -0.39 is 23.2 Å². The summed E-state index contributed by atoms with van der Waals surface area (Å²) in [6, 6.07) is 0. The van der Waals surface area contributed by atoms with E-state index in [4.69, 9.17) is 0 Å². The standard InChI is InChI=1S/C10H15.C5H5.Zr/c1-2-3-4-7-10-8-5-6-9-10;1-2-4-5-3-1;/h5,8H,2-4,6-7H2,1H3;1-3H,4H2;. The van der Waals surface area contributed by atoms with Crippen molar-refractivity contribution < 1.29 is 23.2 Å². The first-order valence-electron chi connectivity index (χ1n) is 6.41. The van der Waals surface area contributed by atoms with Crippen LogP contribution in [0, 0.1) is 0 Å². The van der Waals surface area contributed by atoms with Gasteiger partial charge in [0.05, 0.1) is 0 Å². The average molecular weight is 292 g/mol. The van der Waals surface area contributed by atoms with Gasteiger partial charge in [-0.3, -0.25) is 0 Å². The van der Waals surface area contributed by atoms with E-state index in [2.05, 4.69) is 37.3 Å². The molecule has 0 bridgehead atoms. The maximum absolute atomic E-state index is 2.40. The summed E-state index contributed by atoms with van der Waals surface area (Å²) >= 11 is -0.396. The van der Waals surface area contributed by atoms with Crippen molar-refractivity contribution in [2.24, 2.45) is 0 Å². The average Bonchev–Trinajstić information content (AvgIpc) is 2.92. The molecule has 2 rings (SSSR count). The number of unbranched alkanes of at least 4 members (excludes halogenated alkanes) is 2. The minimum atomic E-state index is -0.396. The molecule has 0 amide bonds. The zero-order chi connectivity index (χ0) is 11.2. The topological polar surface area (TPSA) is 0 Å². The SMILES string of the molecule is CCCCCC1=[C]([Zr][C]2=CC=CC2)CC=C1. The van der Waals surface area contributed by atoms with Crippen molar-refractivity contribution in [3.8, 4) is 0 Å². The Kier molecular flexibility index (Phi) is 5.03. The van der Waals surface area contributed by atoms with E-state index in [0.717, 1.165) is 0 Å². The summed E-state index contributed by atoms with van der Waals surface area (Å²) in [6.07, 6.45) is 19.6. The first kappa shape index (κ1) is 12.3. The normalized spacial score (nSPS) is 18.4. The van der Waals surface area contributed by atoms with Crippen LogP contribution in [0.1, 0.15) is 45.4 Å². The van der Waals surface area contributed by atoms with Crippen LogP contribution < -0.4 is 0 Å². The summed E-state index contributed by atoms with van der Waals surface area (Å²) in [4.78, 5) is 0. The third kappa shape index (κ3) is 3.42. The molecule has 0 aromatic heterocycles. The van der Waals surface area contributed by atoms with Crippen LogP contribution in [0.25, 0.3) is 0 Å². The Labute approximate surface area is 111 Å². The fourth-order valence-corrected chi connectivity index (χ4v) is 5.60. The van der Waals surface area contributed by atoms with E-state index in [-0.39, 0.29) is 0 Å². The minimum absolute atomic E-state index is 0.396. The van der Waals surface area contributed by atoms with Crippen molar-refractivity contribution in [3.63, 3.8) is 0 Å². The Morgan fingerprint density at radius 1 is 1.19 bits per heavy atom. The molecule has 0 unspecified atom stereocenters. The molecule has 16 heavy (non-hydrogen) atoms. The van der Waals surface area contributed by atoms with Gasteiger partial charge in [0, 0.05) is 0 Å². The second-order valence-corrected chi connectivity index (χ2v) is 8.19. The van der Waals surface area contributed by atoms with Crippen molar-refractivity contribution in [3.05, 3.63) is 42.5 Å². The van der Waals surface area contributed by atoms with Crippen LogP contribution in [0.2, 0.25) is 0 Å². The van der Waals surface area contributed by atoms with Gasteiger partial charge in [-0.05, 0) is 0 Å². The number of allylic oxidation sites excluding steroid dienone is 8. The van der Waals surface area contributed by atoms with Gasteiger partial charge >= 0.3 is 111 Å². The third-order valence-corrected chi connectivity index (χ3v) is 6.89. The van der Waals surface area contributed by atoms with Crippen molar-refractivity contribution in [1.29, 1.82) is 0 Å². The molecule has 0 saturated carbocycles. The summed E-state index contributed by atoms with van der Waals surface area (Å²) in [5.41, 5.74) is 1.70. The summed E-state index contributed by atoms with van der Waals surface area (Å²) < 4.78 is 3.60. The van der Waals surface area contributed by atoms with Gasteiger partial charge in [-0.1, -0.05) is 0 Å². The predicted molar refractivity (Wildman–Crippen MR) is 66.8 cm³/mol. The molecular weight excluding hydrogens is 271 g/mol. The molecule has 0 heterocycles. The molecule has 0 radical (unpaired) electrons. The first-order chi connectivity index (χ1) is 7.90. The van der Waals surface area contributed by atoms with Crippen LogP contribution in [0.5, 0.6) is 0 Å². The molecule has 0 atom stereocenters. The van der Waals surface area contributed by atoms with Crippen molar-refractivity contribution >= 4 is 0 Å². The van der Waals surface area contributed by atoms with Gasteiger partial charge < -0.3 is 0 Å². The molecule has 0 aromatic rings. The second kappa shape index (κ2) is 6.55. The van der Waals surface area contributed by atoms with E-state index >= 15 is 0 Å². The molecule has 84 valence electrons. The zero-order valence-corrected chi connectivity index (χ0v) is 12.6. The molecule has 0 N–H and O–H groups in total. The fourth-order valence-electron chi connectivity index (χ4n) is 2.22. The van der Waals surface area contributed by atoms with E-state index in [1.807, 2.05) is 3.28 Å². The van der Waals surface area contributed by atoms with Crippen LogP contribution in [-0.2, 0) is 23.2 Å². The summed E-state index contributed by atoms with van der Waals surface area (Å²) in [7, 11) is 0. The van der Waals surface area contributed by atoms with Crippen LogP contribution in [0.3, 0.4) is 0 Å². The quantitative estimate of drug-likeness (QED) is 0.622. The Balaban J connectivity index is 1.88. The predicted octanol–water partition coefficient (Wildman–Crippen LogP) is 4.71. The number of hydrogen-bond donors (Lipinski definition) is 0. The molecule has 0 spiro atoms. The van der Waals surface area contributed by atoms with Crippen molar-refractivity contribution in [2.75, 3.05) is 0 Å². The van der Waals surface area contributed by atoms with E-state index in [9.17, 15) is 0 Å². The van der Waals surface area contributed by atoms with Gasteiger partial charge in [0.15, 0.2) is 0 Å². The number of hydrogen-bond acceptors (Lipinski definition) is 0. The first-order valence-corrected chi connectivity index (χ1v) is 8.87. The Bertz CT molecular complexity index is 356. The van der Waals surface area contributed by atoms with Gasteiger partial charge in [-0.2, -0.15) is 0 Å². The zero-order valence-electron chi connectivity index (χ0n) is 10.1. The monoisotopic (exact) mass is 290 g/mol. The molecule has 0 fully saturated rings. The summed E-state index contributed by atoms with van der Waals surface area (Å²) in [5.74, 6) is 0. The van der Waals surface area contributed by atoms with Gasteiger partial charge in [0.2, 0.25) is 0 Å². The van der Waals surface area contributed by atoms with Gasteiger partial charge in [0.1, 0.15) is 0 Å². The molecule has 2 aliphatic carbocycles. The van der Waals surface area contributed by atoms with Gasteiger partial charge in [0.25, 0.3) is 0 Å². The summed E-state index contributed by atoms with van der Waals surface area (Å²) in [6.45, 7) is 2.28. The third-order valence-electron chi connectivity index (χ3n) is 3.16. The van der Waals surface area contributed by atoms with E-state index in [1.54, 1.807) is 8.85 Å².